The number of benzene rings is 2. The first-order chi connectivity index (χ1) is 12.7. The van der Waals surface area contributed by atoms with Gasteiger partial charge >= 0.3 is 6.03 Å². The molecule has 0 unspecified atom stereocenters. The summed E-state index contributed by atoms with van der Waals surface area (Å²) >= 11 is 0. The van der Waals surface area contributed by atoms with Crippen molar-refractivity contribution in [2.45, 2.75) is 19.3 Å². The van der Waals surface area contributed by atoms with Crippen LogP contribution in [-0.4, -0.2) is 25.8 Å². The van der Waals surface area contributed by atoms with Gasteiger partial charge in [-0.2, -0.15) is 0 Å². The predicted octanol–water partition coefficient (Wildman–Crippen LogP) is 4.56. The van der Waals surface area contributed by atoms with Gasteiger partial charge in [-0.25, -0.2) is 9.18 Å². The van der Waals surface area contributed by atoms with Crippen molar-refractivity contribution in [3.63, 3.8) is 0 Å². The van der Waals surface area contributed by atoms with Crippen molar-refractivity contribution < 1.29 is 18.7 Å². The van der Waals surface area contributed by atoms with Crippen LogP contribution in [-0.2, 0) is 4.74 Å². The van der Waals surface area contributed by atoms with Crippen LogP contribution in [0.2, 0.25) is 0 Å². The van der Waals surface area contributed by atoms with Gasteiger partial charge in [0.15, 0.2) is 17.3 Å². The first-order valence-electron chi connectivity index (χ1n) is 8.86. The van der Waals surface area contributed by atoms with Crippen molar-refractivity contribution in [1.29, 1.82) is 0 Å². The average molecular weight is 358 g/mol. The summed E-state index contributed by atoms with van der Waals surface area (Å²) in [4.78, 5) is 12.1. The number of rotatable bonds is 7. The fourth-order valence-corrected chi connectivity index (χ4v) is 2.88. The highest BCUT2D eigenvalue weighted by molar-refractivity contribution is 5.90. The molecule has 138 valence electrons. The summed E-state index contributed by atoms with van der Waals surface area (Å²) in [6, 6.07) is 12.8. The van der Waals surface area contributed by atoms with Gasteiger partial charge in [0.2, 0.25) is 0 Å². The van der Waals surface area contributed by atoms with Gasteiger partial charge in [-0.1, -0.05) is 24.3 Å². The summed E-state index contributed by atoms with van der Waals surface area (Å²) in [7, 11) is 0. The van der Waals surface area contributed by atoms with Crippen molar-refractivity contribution >= 4 is 11.7 Å². The van der Waals surface area contributed by atoms with E-state index in [0.29, 0.717) is 23.9 Å². The zero-order chi connectivity index (χ0) is 18.2. The van der Waals surface area contributed by atoms with E-state index < -0.39 is 5.82 Å². The summed E-state index contributed by atoms with van der Waals surface area (Å²) in [5.41, 5.74) is 0.484. The Kier molecular flexibility index (Phi) is 6.44. The maximum absolute atomic E-state index is 13.8. The molecule has 2 amide bonds. The number of anilines is 1. The maximum atomic E-state index is 13.8. The van der Waals surface area contributed by atoms with Crippen LogP contribution in [0.4, 0.5) is 14.9 Å². The van der Waals surface area contributed by atoms with E-state index in [2.05, 4.69) is 10.6 Å². The van der Waals surface area contributed by atoms with Crippen molar-refractivity contribution in [2.24, 2.45) is 5.92 Å². The first kappa shape index (κ1) is 18.2. The number of carbonyl (C=O) groups is 1. The minimum atomic E-state index is -0.456. The van der Waals surface area contributed by atoms with Crippen molar-refractivity contribution in [3.05, 3.63) is 54.3 Å². The van der Waals surface area contributed by atoms with Crippen LogP contribution in [0.5, 0.6) is 11.5 Å². The molecule has 5 nitrogen and oxygen atoms in total. The Balaban J connectivity index is 1.51. The third-order valence-corrected chi connectivity index (χ3v) is 4.29. The zero-order valence-electron chi connectivity index (χ0n) is 14.5. The molecule has 0 aliphatic carbocycles. The molecule has 1 aliphatic heterocycles. The third kappa shape index (κ3) is 5.20. The van der Waals surface area contributed by atoms with Crippen molar-refractivity contribution in [2.75, 3.05) is 25.1 Å². The van der Waals surface area contributed by atoms with E-state index in [9.17, 15) is 9.18 Å². The van der Waals surface area contributed by atoms with Gasteiger partial charge in [0, 0.05) is 19.8 Å². The second-order valence-corrected chi connectivity index (χ2v) is 6.28. The minimum Gasteiger partial charge on any atom is -0.452 e. The molecular weight excluding hydrogens is 335 g/mol. The van der Waals surface area contributed by atoms with Crippen LogP contribution >= 0.6 is 0 Å². The molecule has 2 aromatic carbocycles. The highest BCUT2D eigenvalue weighted by atomic mass is 19.1. The number of hydrogen-bond donors (Lipinski definition) is 2. The number of carbonyl (C=O) groups excluding carboxylic acids is 1. The topological polar surface area (TPSA) is 59.6 Å². The third-order valence-electron chi connectivity index (χ3n) is 4.29. The maximum Gasteiger partial charge on any atom is 0.319 e. The Morgan fingerprint density at radius 3 is 2.69 bits per heavy atom. The first-order valence-corrected chi connectivity index (χ1v) is 8.86. The van der Waals surface area contributed by atoms with Crippen LogP contribution in [0, 0.1) is 11.7 Å². The largest absolute Gasteiger partial charge is 0.452 e. The highest BCUT2D eigenvalue weighted by Crippen LogP contribution is 2.30. The molecule has 0 radical (unpaired) electrons. The number of amides is 2. The number of urea groups is 1. The van der Waals surface area contributed by atoms with E-state index in [1.165, 1.54) is 6.07 Å². The van der Waals surface area contributed by atoms with E-state index in [-0.39, 0.29) is 11.8 Å². The number of hydrogen-bond acceptors (Lipinski definition) is 3. The fourth-order valence-electron chi connectivity index (χ4n) is 2.88. The molecule has 3 rings (SSSR count). The molecule has 6 heteroatoms. The van der Waals surface area contributed by atoms with Gasteiger partial charge in [-0.15, -0.1) is 0 Å². The predicted molar refractivity (Wildman–Crippen MR) is 98.1 cm³/mol. The zero-order valence-corrected chi connectivity index (χ0v) is 14.5. The van der Waals surface area contributed by atoms with Crippen LogP contribution < -0.4 is 15.4 Å². The molecule has 0 saturated carbocycles. The summed E-state index contributed by atoms with van der Waals surface area (Å²) in [5, 5.41) is 5.59. The van der Waals surface area contributed by atoms with Gasteiger partial charge in [-0.05, 0) is 49.4 Å². The van der Waals surface area contributed by atoms with Gasteiger partial charge in [0.25, 0.3) is 0 Å². The highest BCUT2D eigenvalue weighted by Gasteiger charge is 2.15. The summed E-state index contributed by atoms with van der Waals surface area (Å²) in [5.74, 6) is 0.647. The second-order valence-electron chi connectivity index (χ2n) is 6.28. The lowest BCUT2D eigenvalue weighted by molar-refractivity contribution is 0.184. The van der Waals surface area contributed by atoms with E-state index >= 15 is 0 Å². The number of halogens is 1. The molecule has 2 aromatic rings. The number of nitrogens with one attached hydrogen (secondary N) is 2. The van der Waals surface area contributed by atoms with Crippen molar-refractivity contribution in [3.8, 4) is 11.5 Å². The van der Waals surface area contributed by atoms with E-state index in [0.717, 1.165) is 32.5 Å². The van der Waals surface area contributed by atoms with Gasteiger partial charge < -0.3 is 20.1 Å². The standard InChI is InChI=1S/C20H23FN2O3/c21-16-7-1-3-9-18(16)26-19-10-4-2-8-17(19)23-20(24)22-12-5-6-15-11-13-25-14-15/h1-4,7-10,15H,5-6,11-14H2,(H2,22,23,24)/t15-/m1/s1. The van der Waals surface area contributed by atoms with Crippen LogP contribution in [0.1, 0.15) is 19.3 Å². The smallest absolute Gasteiger partial charge is 0.319 e. The quantitative estimate of drug-likeness (QED) is 0.714. The fraction of sp³-hybridized carbons (Fsp3) is 0.350. The summed E-state index contributed by atoms with van der Waals surface area (Å²) < 4.78 is 24.7. The van der Waals surface area contributed by atoms with Crippen LogP contribution in [0.25, 0.3) is 0 Å². The molecule has 0 bridgehead atoms. The molecule has 26 heavy (non-hydrogen) atoms. The van der Waals surface area contributed by atoms with Gasteiger partial charge in [0.1, 0.15) is 0 Å². The SMILES string of the molecule is O=C(NCCC[C@@H]1CCOC1)Nc1ccccc1Oc1ccccc1F. The minimum absolute atomic E-state index is 0.112. The number of para-hydroxylation sites is 3. The Labute approximate surface area is 152 Å². The Bertz CT molecular complexity index is 733. The average Bonchev–Trinajstić information content (AvgIpc) is 3.16. The second kappa shape index (κ2) is 9.20. The van der Waals surface area contributed by atoms with Gasteiger partial charge in [0.05, 0.1) is 5.69 Å². The molecule has 1 fully saturated rings. The number of ether oxygens (including phenoxy) is 2. The molecular formula is C20H23FN2O3. The molecule has 0 spiro atoms. The Hall–Kier alpha value is -2.60. The molecule has 0 aromatic heterocycles. The monoisotopic (exact) mass is 358 g/mol. The molecule has 1 aliphatic rings. The lowest BCUT2D eigenvalue weighted by atomic mass is 10.0. The lowest BCUT2D eigenvalue weighted by Gasteiger charge is -2.13. The Morgan fingerprint density at radius 1 is 1.15 bits per heavy atom. The molecule has 1 atom stereocenters. The molecule has 1 saturated heterocycles. The van der Waals surface area contributed by atoms with Crippen molar-refractivity contribution in [1.82, 2.24) is 5.32 Å². The van der Waals surface area contributed by atoms with E-state index in [1.54, 1.807) is 42.5 Å². The molecule has 2 N–H and O–H groups in total. The molecule has 1 heterocycles. The van der Waals surface area contributed by atoms with E-state index in [4.69, 9.17) is 9.47 Å². The summed E-state index contributed by atoms with van der Waals surface area (Å²) in [6.45, 7) is 2.27. The van der Waals surface area contributed by atoms with Crippen LogP contribution in [0.3, 0.4) is 0 Å². The Morgan fingerprint density at radius 2 is 1.92 bits per heavy atom. The lowest BCUT2D eigenvalue weighted by Crippen LogP contribution is -2.29. The normalized spacial score (nSPS) is 16.3. The van der Waals surface area contributed by atoms with E-state index in [1.807, 2.05) is 0 Å². The van der Waals surface area contributed by atoms with Gasteiger partial charge in [-0.3, -0.25) is 0 Å². The van der Waals surface area contributed by atoms with Crippen LogP contribution in [0.15, 0.2) is 48.5 Å². The summed E-state index contributed by atoms with van der Waals surface area (Å²) in [6.07, 6.45) is 3.06.